The third-order valence-corrected chi connectivity index (χ3v) is 8.20. The first kappa shape index (κ1) is 22.6. The molecule has 0 bridgehead atoms. The van der Waals surface area contributed by atoms with Gasteiger partial charge in [0.2, 0.25) is 0 Å². The van der Waals surface area contributed by atoms with Gasteiger partial charge in [-0.3, -0.25) is 0 Å². The zero-order valence-corrected chi connectivity index (χ0v) is 17.6. The number of rotatable bonds is 6. The molecule has 1 aromatic heterocycles. The van der Waals surface area contributed by atoms with Crippen LogP contribution in [0.25, 0.3) is 0 Å². The number of thiophene rings is 1. The van der Waals surface area contributed by atoms with Crippen molar-refractivity contribution in [3.63, 3.8) is 0 Å². The van der Waals surface area contributed by atoms with Crippen molar-refractivity contribution in [3.05, 3.63) is 47.3 Å². The van der Waals surface area contributed by atoms with E-state index in [0.29, 0.717) is 19.4 Å². The molecule has 1 atom stereocenters. The highest BCUT2D eigenvalue weighted by molar-refractivity contribution is 7.91. The van der Waals surface area contributed by atoms with Gasteiger partial charge >= 0.3 is 12.2 Å². The van der Waals surface area contributed by atoms with Crippen molar-refractivity contribution >= 4 is 33.1 Å². The molecule has 2 amide bonds. The van der Waals surface area contributed by atoms with E-state index in [4.69, 9.17) is 0 Å². The summed E-state index contributed by atoms with van der Waals surface area (Å²) in [5, 5.41) is 6.45. The quantitative estimate of drug-likeness (QED) is 0.664. The second kappa shape index (κ2) is 9.36. The maximum absolute atomic E-state index is 13.0. The molecule has 6 nitrogen and oxygen atoms in total. The van der Waals surface area contributed by atoms with Gasteiger partial charge < -0.3 is 10.6 Å². The molecule has 1 unspecified atom stereocenters. The van der Waals surface area contributed by atoms with E-state index in [1.165, 1.54) is 22.5 Å². The number of anilines is 1. The molecule has 164 valence electrons. The van der Waals surface area contributed by atoms with Gasteiger partial charge in [0.15, 0.2) is 0 Å². The standard InChI is InChI=1S/C19H22F3N3O3S2/c20-19(21,22)15-7-1-2-8-16(15)24-18(26)23-11-10-14-6-3-4-12-25(14)30(27,28)17-9-5-13-29-17/h1-2,5,7-9,13-14H,3-4,6,10-12H2,(H2,23,24,26). The zero-order valence-electron chi connectivity index (χ0n) is 16.0. The molecule has 2 N–H and O–H groups in total. The second-order valence-electron chi connectivity index (χ2n) is 6.91. The average molecular weight is 462 g/mol. The fraction of sp³-hybridized carbons (Fsp3) is 0.421. The van der Waals surface area contributed by atoms with Gasteiger partial charge in [0.25, 0.3) is 10.0 Å². The summed E-state index contributed by atoms with van der Waals surface area (Å²) in [5.74, 6) is 0. The number of piperidine rings is 1. The number of hydrogen-bond donors (Lipinski definition) is 2. The number of sulfonamides is 1. The van der Waals surface area contributed by atoms with Gasteiger partial charge in [-0.05, 0) is 42.8 Å². The Bertz CT molecular complexity index is 963. The minimum atomic E-state index is -4.58. The third-order valence-electron chi connectivity index (χ3n) is 4.87. The normalized spacial score (nSPS) is 18.2. The maximum atomic E-state index is 13.0. The molecular weight excluding hydrogens is 439 g/mol. The summed E-state index contributed by atoms with van der Waals surface area (Å²) in [7, 11) is -3.59. The van der Waals surface area contributed by atoms with Crippen molar-refractivity contribution in [2.75, 3.05) is 18.4 Å². The first-order valence-corrected chi connectivity index (χ1v) is 11.8. The number of alkyl halides is 3. The number of nitrogens with one attached hydrogen (secondary N) is 2. The van der Waals surface area contributed by atoms with Crippen LogP contribution in [0.3, 0.4) is 0 Å². The van der Waals surface area contributed by atoms with Gasteiger partial charge in [-0.15, -0.1) is 11.3 Å². The number of urea groups is 1. The first-order chi connectivity index (χ1) is 14.2. The summed E-state index contributed by atoms with van der Waals surface area (Å²) in [5.41, 5.74) is -1.26. The molecule has 0 spiro atoms. The fourth-order valence-electron chi connectivity index (χ4n) is 3.46. The number of para-hydroxylation sites is 1. The summed E-state index contributed by atoms with van der Waals surface area (Å²) >= 11 is 1.16. The van der Waals surface area contributed by atoms with Crippen LogP contribution >= 0.6 is 11.3 Å². The Labute approximate surface area is 177 Å². The Morgan fingerprint density at radius 3 is 2.63 bits per heavy atom. The monoisotopic (exact) mass is 461 g/mol. The summed E-state index contributed by atoms with van der Waals surface area (Å²) in [6.45, 7) is 0.553. The largest absolute Gasteiger partial charge is 0.418 e. The lowest BCUT2D eigenvalue weighted by molar-refractivity contribution is -0.136. The molecule has 1 aliphatic rings. The molecule has 2 aromatic rings. The summed E-state index contributed by atoms with van der Waals surface area (Å²) in [4.78, 5) is 12.1. The van der Waals surface area contributed by atoms with Crippen LogP contribution in [0.4, 0.5) is 23.7 Å². The highest BCUT2D eigenvalue weighted by Crippen LogP contribution is 2.34. The van der Waals surface area contributed by atoms with Gasteiger partial charge in [0, 0.05) is 19.1 Å². The molecule has 0 radical (unpaired) electrons. The number of carbonyl (C=O) groups excluding carboxylic acids is 1. The van der Waals surface area contributed by atoms with Crippen LogP contribution in [0.1, 0.15) is 31.2 Å². The Morgan fingerprint density at radius 1 is 1.17 bits per heavy atom. The van der Waals surface area contributed by atoms with E-state index in [0.717, 1.165) is 30.2 Å². The van der Waals surface area contributed by atoms with E-state index in [2.05, 4.69) is 10.6 Å². The Balaban J connectivity index is 1.58. The van der Waals surface area contributed by atoms with E-state index < -0.39 is 27.8 Å². The second-order valence-corrected chi connectivity index (χ2v) is 9.98. The molecule has 3 rings (SSSR count). The number of hydrogen-bond acceptors (Lipinski definition) is 4. The predicted molar refractivity (Wildman–Crippen MR) is 109 cm³/mol. The predicted octanol–water partition coefficient (Wildman–Crippen LogP) is 4.52. The number of amides is 2. The molecule has 1 saturated heterocycles. The average Bonchev–Trinajstić information content (AvgIpc) is 3.24. The highest BCUT2D eigenvalue weighted by atomic mass is 32.2. The van der Waals surface area contributed by atoms with Gasteiger partial charge in [0.05, 0.1) is 11.3 Å². The van der Waals surface area contributed by atoms with Crippen molar-refractivity contribution in [1.82, 2.24) is 9.62 Å². The van der Waals surface area contributed by atoms with Crippen molar-refractivity contribution in [2.24, 2.45) is 0 Å². The first-order valence-electron chi connectivity index (χ1n) is 9.46. The number of carbonyl (C=O) groups is 1. The Morgan fingerprint density at radius 2 is 1.93 bits per heavy atom. The number of halogens is 3. The lowest BCUT2D eigenvalue weighted by Crippen LogP contribution is -2.45. The minimum Gasteiger partial charge on any atom is -0.338 e. The molecule has 11 heteroatoms. The van der Waals surface area contributed by atoms with Gasteiger partial charge in [-0.1, -0.05) is 24.6 Å². The van der Waals surface area contributed by atoms with Crippen molar-refractivity contribution in [3.8, 4) is 0 Å². The lowest BCUT2D eigenvalue weighted by Gasteiger charge is -2.34. The molecule has 1 aromatic carbocycles. The minimum absolute atomic E-state index is 0.140. The Kier molecular flexibility index (Phi) is 7.04. The summed E-state index contributed by atoms with van der Waals surface area (Å²) in [6, 6.07) is 6.93. The highest BCUT2D eigenvalue weighted by Gasteiger charge is 2.35. The van der Waals surface area contributed by atoms with Gasteiger partial charge in [0.1, 0.15) is 4.21 Å². The smallest absolute Gasteiger partial charge is 0.338 e. The van der Waals surface area contributed by atoms with E-state index in [9.17, 15) is 26.4 Å². The van der Waals surface area contributed by atoms with Crippen LogP contribution in [0, 0.1) is 0 Å². The van der Waals surface area contributed by atoms with Crippen LogP contribution in [0.15, 0.2) is 46.0 Å². The molecular formula is C19H22F3N3O3S2. The van der Waals surface area contributed by atoms with Crippen LogP contribution in [-0.4, -0.2) is 37.9 Å². The van der Waals surface area contributed by atoms with Gasteiger partial charge in [-0.2, -0.15) is 17.5 Å². The van der Waals surface area contributed by atoms with E-state index >= 15 is 0 Å². The zero-order chi connectivity index (χ0) is 21.8. The van der Waals surface area contributed by atoms with Crippen molar-refractivity contribution in [2.45, 2.75) is 42.1 Å². The molecule has 2 heterocycles. The SMILES string of the molecule is O=C(NCCC1CCCCN1S(=O)(=O)c1cccs1)Nc1ccccc1C(F)(F)F. The van der Waals surface area contributed by atoms with E-state index in [1.54, 1.807) is 17.5 Å². The number of benzene rings is 1. The van der Waals surface area contributed by atoms with E-state index in [1.807, 2.05) is 0 Å². The van der Waals surface area contributed by atoms with Gasteiger partial charge in [-0.25, -0.2) is 13.2 Å². The summed E-state index contributed by atoms with van der Waals surface area (Å²) < 4.78 is 66.6. The van der Waals surface area contributed by atoms with Crippen LogP contribution in [0.5, 0.6) is 0 Å². The third kappa shape index (κ3) is 5.32. The maximum Gasteiger partial charge on any atom is 0.418 e. The molecule has 1 fully saturated rings. The van der Waals surface area contributed by atoms with Crippen LogP contribution in [0.2, 0.25) is 0 Å². The summed E-state index contributed by atoms with van der Waals surface area (Å²) in [6.07, 6.45) is -1.89. The van der Waals surface area contributed by atoms with Crippen molar-refractivity contribution < 1.29 is 26.4 Å². The topological polar surface area (TPSA) is 78.5 Å². The van der Waals surface area contributed by atoms with E-state index in [-0.39, 0.29) is 22.5 Å². The lowest BCUT2D eigenvalue weighted by atomic mass is 10.0. The fourth-order valence-corrected chi connectivity index (χ4v) is 6.31. The Hall–Kier alpha value is -2.11. The number of nitrogens with zero attached hydrogens (tertiary/aromatic N) is 1. The van der Waals surface area contributed by atoms with Crippen molar-refractivity contribution in [1.29, 1.82) is 0 Å². The molecule has 1 aliphatic heterocycles. The molecule has 30 heavy (non-hydrogen) atoms. The van der Waals surface area contributed by atoms with Crippen LogP contribution in [-0.2, 0) is 16.2 Å². The van der Waals surface area contributed by atoms with Crippen LogP contribution < -0.4 is 10.6 Å². The molecule has 0 saturated carbocycles. The molecule has 0 aliphatic carbocycles.